The molecule has 7 rings (SSSR count). The molecular formula is C39H51N5O6. The van der Waals surface area contributed by atoms with E-state index in [2.05, 4.69) is 43.2 Å². The van der Waals surface area contributed by atoms with E-state index in [9.17, 15) is 19.5 Å². The number of rotatable bonds is 14. The van der Waals surface area contributed by atoms with Crippen LogP contribution in [0.25, 0.3) is 16.9 Å². The van der Waals surface area contributed by atoms with E-state index < -0.39 is 17.4 Å². The van der Waals surface area contributed by atoms with Gasteiger partial charge in [0.1, 0.15) is 17.0 Å². The predicted molar refractivity (Wildman–Crippen MR) is 192 cm³/mol. The summed E-state index contributed by atoms with van der Waals surface area (Å²) in [6.45, 7) is 10.7. The van der Waals surface area contributed by atoms with Crippen LogP contribution in [-0.2, 0) is 9.59 Å². The first kappa shape index (κ1) is 35.4. The molecule has 4 bridgehead atoms. The normalized spacial score (nSPS) is 23.7. The SMILES string of the molecule is CCN(CC)CCC(=O)Nc1ccc(C(C)C)c(-n2nc(C(=O)NC3(C(=O)O)C4CC5CC(C4)CC3C5)cc2-c2c(OC)cccc2OC)c1. The Labute approximate surface area is 294 Å². The van der Waals surface area contributed by atoms with Crippen molar-refractivity contribution in [3.63, 3.8) is 0 Å². The van der Waals surface area contributed by atoms with Gasteiger partial charge in [0, 0.05) is 18.7 Å². The van der Waals surface area contributed by atoms with Gasteiger partial charge in [-0.1, -0.05) is 39.8 Å². The van der Waals surface area contributed by atoms with E-state index in [-0.39, 0.29) is 29.4 Å². The molecule has 0 radical (unpaired) electrons. The Morgan fingerprint density at radius 3 is 2.12 bits per heavy atom. The minimum atomic E-state index is -1.32. The van der Waals surface area contributed by atoms with Gasteiger partial charge < -0.3 is 30.1 Å². The topological polar surface area (TPSA) is 135 Å². The van der Waals surface area contributed by atoms with Crippen molar-refractivity contribution in [3.8, 4) is 28.4 Å². The van der Waals surface area contributed by atoms with Crippen molar-refractivity contribution < 1.29 is 29.0 Å². The highest BCUT2D eigenvalue weighted by Gasteiger charge is 2.62. The number of carbonyl (C=O) groups is 3. The highest BCUT2D eigenvalue weighted by atomic mass is 16.5. The van der Waals surface area contributed by atoms with E-state index in [1.165, 1.54) is 6.42 Å². The summed E-state index contributed by atoms with van der Waals surface area (Å²) in [6, 6.07) is 12.9. The molecule has 0 saturated heterocycles. The van der Waals surface area contributed by atoms with Gasteiger partial charge >= 0.3 is 5.97 Å². The number of benzene rings is 2. The van der Waals surface area contributed by atoms with Crippen LogP contribution in [0.1, 0.15) is 88.2 Å². The van der Waals surface area contributed by atoms with Crippen molar-refractivity contribution in [1.82, 2.24) is 20.0 Å². The minimum absolute atomic E-state index is 0.0645. The van der Waals surface area contributed by atoms with Crippen LogP contribution in [0, 0.1) is 23.7 Å². The van der Waals surface area contributed by atoms with Gasteiger partial charge in [-0.3, -0.25) is 9.59 Å². The van der Waals surface area contributed by atoms with Gasteiger partial charge in [0.25, 0.3) is 5.91 Å². The quantitative estimate of drug-likeness (QED) is 0.179. The number of carbonyl (C=O) groups excluding carboxylic acids is 2. The molecule has 50 heavy (non-hydrogen) atoms. The van der Waals surface area contributed by atoms with Crippen molar-refractivity contribution in [2.45, 2.75) is 77.7 Å². The fourth-order valence-electron chi connectivity index (χ4n) is 9.06. The van der Waals surface area contributed by atoms with Crippen LogP contribution in [-0.4, -0.2) is 77.0 Å². The molecule has 4 saturated carbocycles. The molecular weight excluding hydrogens is 634 g/mol. The summed E-state index contributed by atoms with van der Waals surface area (Å²) in [6.07, 6.45) is 4.81. The molecule has 11 nitrogen and oxygen atoms in total. The monoisotopic (exact) mass is 685 g/mol. The first-order chi connectivity index (χ1) is 24.0. The lowest BCUT2D eigenvalue weighted by atomic mass is 9.48. The van der Waals surface area contributed by atoms with Crippen LogP contribution in [0.15, 0.2) is 42.5 Å². The number of aliphatic carboxylic acids is 1. The number of carboxylic acids is 1. The summed E-state index contributed by atoms with van der Waals surface area (Å²) in [7, 11) is 3.15. The van der Waals surface area contributed by atoms with E-state index in [1.54, 1.807) is 25.0 Å². The Morgan fingerprint density at radius 1 is 0.960 bits per heavy atom. The minimum Gasteiger partial charge on any atom is -0.496 e. The Bertz CT molecular complexity index is 1690. The highest BCUT2D eigenvalue weighted by molar-refractivity contribution is 5.98. The number of nitrogens with one attached hydrogen (secondary N) is 2. The molecule has 2 amide bonds. The van der Waals surface area contributed by atoms with E-state index in [1.807, 2.05) is 36.4 Å². The van der Waals surface area contributed by atoms with Crippen LogP contribution < -0.4 is 20.1 Å². The van der Waals surface area contributed by atoms with Gasteiger partial charge in [-0.25, -0.2) is 9.48 Å². The number of aromatic nitrogens is 2. The van der Waals surface area contributed by atoms with Gasteiger partial charge in [0.2, 0.25) is 5.91 Å². The van der Waals surface area contributed by atoms with Gasteiger partial charge in [-0.2, -0.15) is 5.10 Å². The standard InChI is InChI=1S/C39H51N5O6/c1-7-43(8-2)15-14-35(45)40-28-12-13-29(23(3)4)31(21-28)44-32(36-33(49-5)10-9-11-34(36)50-6)22-30(42-44)37(46)41-39(38(47)48)26-17-24-16-25(19-26)20-27(39)18-24/h9-13,21-27H,7-8,14-20H2,1-6H3,(H,40,45)(H,41,46)(H,47,48). The van der Waals surface area contributed by atoms with Crippen molar-refractivity contribution >= 4 is 23.5 Å². The maximum atomic E-state index is 14.3. The second kappa shape index (κ2) is 14.5. The predicted octanol–water partition coefficient (Wildman–Crippen LogP) is 6.36. The molecule has 4 aliphatic rings. The number of nitrogens with zero attached hydrogens (tertiary/aromatic N) is 3. The zero-order valence-electron chi connectivity index (χ0n) is 30.1. The Balaban J connectivity index is 1.44. The first-order valence-corrected chi connectivity index (χ1v) is 18.1. The number of hydrogen-bond donors (Lipinski definition) is 3. The number of carboxylic acid groups (broad SMARTS) is 1. The zero-order valence-corrected chi connectivity index (χ0v) is 30.1. The average Bonchev–Trinajstić information content (AvgIpc) is 3.54. The molecule has 4 fully saturated rings. The lowest BCUT2D eigenvalue weighted by Gasteiger charge is -2.59. The van der Waals surface area contributed by atoms with Crippen LogP contribution in [0.2, 0.25) is 0 Å². The molecule has 3 aromatic rings. The summed E-state index contributed by atoms with van der Waals surface area (Å²) >= 11 is 0. The van der Waals surface area contributed by atoms with Gasteiger partial charge in [0.15, 0.2) is 5.69 Å². The summed E-state index contributed by atoms with van der Waals surface area (Å²) in [5, 5.41) is 21.8. The fourth-order valence-corrected chi connectivity index (χ4v) is 9.06. The third-order valence-electron chi connectivity index (χ3n) is 11.4. The fraction of sp³-hybridized carbons (Fsp3) is 0.538. The number of hydrogen-bond acceptors (Lipinski definition) is 7. The van der Waals surface area contributed by atoms with Crippen LogP contribution in [0.4, 0.5) is 5.69 Å². The van der Waals surface area contributed by atoms with Gasteiger partial charge in [-0.05, 0) is 111 Å². The lowest BCUT2D eigenvalue weighted by molar-refractivity contribution is -0.163. The lowest BCUT2D eigenvalue weighted by Crippen LogP contribution is -2.70. The first-order valence-electron chi connectivity index (χ1n) is 18.1. The number of methoxy groups -OCH3 is 2. The summed E-state index contributed by atoms with van der Waals surface area (Å²) in [5.41, 5.74) is 2.11. The van der Waals surface area contributed by atoms with Gasteiger partial charge in [-0.15, -0.1) is 0 Å². The Kier molecular flexibility index (Phi) is 10.3. The Morgan fingerprint density at radius 2 is 1.58 bits per heavy atom. The van der Waals surface area contributed by atoms with Crippen LogP contribution >= 0.6 is 0 Å². The summed E-state index contributed by atoms with van der Waals surface area (Å²) < 4.78 is 13.3. The molecule has 268 valence electrons. The maximum Gasteiger partial charge on any atom is 0.330 e. The van der Waals surface area contributed by atoms with E-state index in [0.29, 0.717) is 58.9 Å². The number of ether oxygens (including phenoxy) is 2. The number of anilines is 1. The molecule has 1 aromatic heterocycles. The smallest absolute Gasteiger partial charge is 0.330 e. The zero-order chi connectivity index (χ0) is 35.7. The average molecular weight is 686 g/mol. The van der Waals surface area contributed by atoms with Crippen LogP contribution in [0.3, 0.4) is 0 Å². The summed E-state index contributed by atoms with van der Waals surface area (Å²) in [4.78, 5) is 42.7. The molecule has 0 unspecified atom stereocenters. The van der Waals surface area contributed by atoms with Crippen molar-refractivity contribution in [3.05, 3.63) is 53.7 Å². The molecule has 0 spiro atoms. The highest BCUT2D eigenvalue weighted by Crippen LogP contribution is 2.58. The summed E-state index contributed by atoms with van der Waals surface area (Å²) in [5.74, 6) is 0.376. The van der Waals surface area contributed by atoms with E-state index >= 15 is 0 Å². The number of amides is 2. The molecule has 4 aliphatic carbocycles. The third kappa shape index (κ3) is 6.48. The maximum absolute atomic E-state index is 14.3. The van der Waals surface area contributed by atoms with Crippen molar-refractivity contribution in [2.24, 2.45) is 23.7 Å². The Hall–Kier alpha value is -4.38. The second-order valence-corrected chi connectivity index (χ2v) is 14.6. The largest absolute Gasteiger partial charge is 0.496 e. The van der Waals surface area contributed by atoms with E-state index in [0.717, 1.165) is 44.3 Å². The third-order valence-corrected chi connectivity index (χ3v) is 11.4. The van der Waals surface area contributed by atoms with Gasteiger partial charge in [0.05, 0.1) is 31.2 Å². The molecule has 0 atom stereocenters. The molecule has 11 heteroatoms. The van der Waals surface area contributed by atoms with Crippen molar-refractivity contribution in [1.29, 1.82) is 0 Å². The van der Waals surface area contributed by atoms with E-state index in [4.69, 9.17) is 14.6 Å². The molecule has 1 heterocycles. The second-order valence-electron chi connectivity index (χ2n) is 14.6. The van der Waals surface area contributed by atoms with Crippen molar-refractivity contribution in [2.75, 3.05) is 39.2 Å². The van der Waals surface area contributed by atoms with Crippen LogP contribution in [0.5, 0.6) is 11.5 Å². The molecule has 2 aromatic carbocycles. The molecule has 3 N–H and O–H groups in total. The molecule has 0 aliphatic heterocycles.